The molecule has 74 valence electrons. The van der Waals surface area contributed by atoms with Crippen LogP contribution in [0.4, 0.5) is 0 Å². The Kier molecular flexibility index (Phi) is 1.69. The first-order valence-corrected chi connectivity index (χ1v) is 5.04. The van der Waals surface area contributed by atoms with Crippen LogP contribution in [-0.2, 0) is 0 Å². The summed E-state index contributed by atoms with van der Waals surface area (Å²) >= 11 is 1.29. The van der Waals surface area contributed by atoms with Crippen LogP contribution in [0.5, 0.6) is 0 Å². The predicted octanol–water partition coefficient (Wildman–Crippen LogP) is 0.292. The lowest BCUT2D eigenvalue weighted by atomic mass is 10.4. The molecule has 0 spiro atoms. The van der Waals surface area contributed by atoms with E-state index in [0.29, 0.717) is 15.3 Å². The third-order valence-corrected chi connectivity index (χ3v) is 2.91. The Balaban J connectivity index is 2.32. The molecule has 0 saturated carbocycles. The van der Waals surface area contributed by atoms with Gasteiger partial charge in [-0.1, -0.05) is 11.3 Å². The highest BCUT2D eigenvalue weighted by atomic mass is 32.1. The molecule has 0 bridgehead atoms. The molecule has 0 radical (unpaired) electrons. The summed E-state index contributed by atoms with van der Waals surface area (Å²) in [5.41, 5.74) is -0.163. The van der Waals surface area contributed by atoms with E-state index in [9.17, 15) is 4.79 Å². The highest BCUT2D eigenvalue weighted by Gasteiger charge is 2.04. The van der Waals surface area contributed by atoms with Crippen molar-refractivity contribution in [1.29, 1.82) is 0 Å². The fourth-order valence-electron chi connectivity index (χ4n) is 1.28. The molecule has 5 nitrogen and oxygen atoms in total. The zero-order valence-corrected chi connectivity index (χ0v) is 8.27. The molecule has 0 N–H and O–H groups in total. The molecule has 0 aliphatic rings. The molecule has 0 fully saturated rings. The molecule has 0 amide bonds. The van der Waals surface area contributed by atoms with Crippen molar-refractivity contribution in [3.05, 3.63) is 45.4 Å². The molecule has 3 aromatic heterocycles. The van der Waals surface area contributed by atoms with Crippen LogP contribution in [0.2, 0.25) is 0 Å². The zero-order chi connectivity index (χ0) is 10.3. The molecule has 15 heavy (non-hydrogen) atoms. The minimum atomic E-state index is -0.163. The van der Waals surface area contributed by atoms with Gasteiger partial charge in [-0.05, 0) is 12.1 Å². The molecule has 0 saturated heterocycles. The second-order valence-corrected chi connectivity index (χ2v) is 3.89. The first-order valence-electron chi connectivity index (χ1n) is 4.22. The summed E-state index contributed by atoms with van der Waals surface area (Å²) in [6, 6.07) is 3.56. The topological polar surface area (TPSA) is 60.4 Å². The number of thiazole rings is 1. The van der Waals surface area contributed by atoms with Crippen LogP contribution in [0.3, 0.4) is 0 Å². The van der Waals surface area contributed by atoms with Crippen molar-refractivity contribution in [2.75, 3.05) is 0 Å². The predicted molar refractivity (Wildman–Crippen MR) is 54.6 cm³/mol. The second kappa shape index (κ2) is 3.03. The van der Waals surface area contributed by atoms with Crippen molar-refractivity contribution in [3.8, 4) is 0 Å². The number of furan rings is 1. The smallest absolute Gasteiger partial charge is 0.291 e. The molecule has 3 rings (SSSR count). The standard InChI is InChI=1S/C9H5N3O2S/c13-8-7(4-6-2-1-3-14-6)15-9-10-5-11-12(8)9/h1-5H/b7-4+. The molecular weight excluding hydrogens is 214 g/mol. The van der Waals surface area contributed by atoms with Crippen molar-refractivity contribution in [2.24, 2.45) is 0 Å². The Morgan fingerprint density at radius 2 is 2.47 bits per heavy atom. The van der Waals surface area contributed by atoms with E-state index < -0.39 is 0 Å². The zero-order valence-electron chi connectivity index (χ0n) is 7.45. The van der Waals surface area contributed by atoms with Crippen LogP contribution < -0.4 is 10.1 Å². The van der Waals surface area contributed by atoms with Crippen LogP contribution in [0.15, 0.2) is 33.9 Å². The van der Waals surface area contributed by atoms with Crippen molar-refractivity contribution in [1.82, 2.24) is 14.6 Å². The summed E-state index contributed by atoms with van der Waals surface area (Å²) in [5, 5.41) is 3.82. The second-order valence-electron chi connectivity index (χ2n) is 2.89. The van der Waals surface area contributed by atoms with Gasteiger partial charge in [0.25, 0.3) is 5.56 Å². The van der Waals surface area contributed by atoms with E-state index in [1.807, 2.05) is 0 Å². The minimum Gasteiger partial charge on any atom is -0.465 e. The van der Waals surface area contributed by atoms with Crippen LogP contribution in [0, 0.1) is 0 Å². The minimum absolute atomic E-state index is 0.163. The van der Waals surface area contributed by atoms with E-state index in [4.69, 9.17) is 4.42 Å². The van der Waals surface area contributed by atoms with Gasteiger partial charge in [-0.3, -0.25) is 4.79 Å². The summed E-state index contributed by atoms with van der Waals surface area (Å²) in [5.74, 6) is 0.650. The largest absolute Gasteiger partial charge is 0.465 e. The normalized spacial score (nSPS) is 12.7. The average Bonchev–Trinajstić information content (AvgIpc) is 2.89. The molecule has 0 atom stereocenters. The first kappa shape index (κ1) is 8.37. The Morgan fingerprint density at radius 3 is 3.20 bits per heavy atom. The Hall–Kier alpha value is -1.95. The van der Waals surface area contributed by atoms with Crippen molar-refractivity contribution in [3.63, 3.8) is 0 Å². The maximum absolute atomic E-state index is 11.7. The fraction of sp³-hybridized carbons (Fsp3) is 0. The Labute approximate surface area is 87.3 Å². The van der Waals surface area contributed by atoms with Gasteiger partial charge in [-0.2, -0.15) is 9.61 Å². The molecule has 3 aromatic rings. The van der Waals surface area contributed by atoms with Crippen molar-refractivity contribution in [2.45, 2.75) is 0 Å². The van der Waals surface area contributed by atoms with Crippen LogP contribution >= 0.6 is 11.3 Å². The van der Waals surface area contributed by atoms with Crippen LogP contribution in [0.1, 0.15) is 5.76 Å². The maximum atomic E-state index is 11.7. The number of hydrogen-bond acceptors (Lipinski definition) is 5. The lowest BCUT2D eigenvalue weighted by molar-refractivity contribution is 0.556. The summed E-state index contributed by atoms with van der Waals surface area (Å²) in [6.07, 6.45) is 4.61. The van der Waals surface area contributed by atoms with Gasteiger partial charge in [0.2, 0.25) is 4.96 Å². The van der Waals surface area contributed by atoms with E-state index in [1.54, 1.807) is 24.5 Å². The molecule has 0 aliphatic heterocycles. The molecule has 3 heterocycles. The van der Waals surface area contributed by atoms with Gasteiger partial charge < -0.3 is 4.42 Å². The van der Waals surface area contributed by atoms with E-state index >= 15 is 0 Å². The van der Waals surface area contributed by atoms with Gasteiger partial charge >= 0.3 is 0 Å². The monoisotopic (exact) mass is 219 g/mol. The number of fused-ring (bicyclic) bond motifs is 1. The molecular formula is C9H5N3O2S. The highest BCUT2D eigenvalue weighted by Crippen LogP contribution is 2.02. The van der Waals surface area contributed by atoms with Crippen molar-refractivity contribution >= 4 is 22.4 Å². The lowest BCUT2D eigenvalue weighted by Crippen LogP contribution is -2.23. The van der Waals surface area contributed by atoms with Gasteiger partial charge in [0.15, 0.2) is 0 Å². The fourth-order valence-corrected chi connectivity index (χ4v) is 2.14. The molecule has 0 aliphatic carbocycles. The number of aromatic nitrogens is 3. The van der Waals surface area contributed by atoms with Gasteiger partial charge in [0, 0.05) is 6.08 Å². The molecule has 0 aromatic carbocycles. The third-order valence-electron chi connectivity index (χ3n) is 1.94. The third kappa shape index (κ3) is 1.26. The average molecular weight is 219 g/mol. The number of hydrogen-bond donors (Lipinski definition) is 0. The quantitative estimate of drug-likeness (QED) is 0.590. The number of rotatable bonds is 1. The van der Waals surface area contributed by atoms with Crippen LogP contribution in [-0.4, -0.2) is 14.6 Å². The summed E-state index contributed by atoms with van der Waals surface area (Å²) in [7, 11) is 0. The summed E-state index contributed by atoms with van der Waals surface area (Å²) < 4.78 is 6.97. The lowest BCUT2D eigenvalue weighted by Gasteiger charge is -1.78. The van der Waals surface area contributed by atoms with E-state index in [0.717, 1.165) is 0 Å². The van der Waals surface area contributed by atoms with Gasteiger partial charge in [0.1, 0.15) is 16.6 Å². The van der Waals surface area contributed by atoms with E-state index in [1.165, 1.54) is 22.2 Å². The maximum Gasteiger partial charge on any atom is 0.291 e. The Bertz CT molecular complexity index is 695. The van der Waals surface area contributed by atoms with Gasteiger partial charge in [-0.25, -0.2) is 4.98 Å². The first-order chi connectivity index (χ1) is 7.34. The Morgan fingerprint density at radius 1 is 1.53 bits per heavy atom. The van der Waals surface area contributed by atoms with Gasteiger partial charge in [-0.15, -0.1) is 0 Å². The van der Waals surface area contributed by atoms with E-state index in [2.05, 4.69) is 10.1 Å². The van der Waals surface area contributed by atoms with E-state index in [-0.39, 0.29) is 5.56 Å². The van der Waals surface area contributed by atoms with Crippen LogP contribution in [0.25, 0.3) is 11.0 Å². The van der Waals surface area contributed by atoms with Gasteiger partial charge in [0.05, 0.1) is 6.26 Å². The summed E-state index contributed by atoms with van der Waals surface area (Å²) in [4.78, 5) is 16.3. The number of nitrogens with zero attached hydrogens (tertiary/aromatic N) is 3. The molecule has 0 unspecified atom stereocenters. The SMILES string of the molecule is O=c1/c(=C\c2ccco2)sc2ncnn12. The summed E-state index contributed by atoms with van der Waals surface area (Å²) in [6.45, 7) is 0. The highest BCUT2D eigenvalue weighted by molar-refractivity contribution is 7.15. The molecule has 6 heteroatoms. The van der Waals surface area contributed by atoms with Crippen molar-refractivity contribution < 1.29 is 4.42 Å².